The van der Waals surface area contributed by atoms with Crippen LogP contribution in [-0.2, 0) is 23.9 Å². The van der Waals surface area contributed by atoms with Gasteiger partial charge >= 0.3 is 11.9 Å². The Bertz CT molecular complexity index is 1500. The van der Waals surface area contributed by atoms with Gasteiger partial charge in [0.25, 0.3) is 0 Å². The lowest BCUT2D eigenvalue weighted by Crippen LogP contribution is -2.79. The number of carbonyl (C=O) groups excluding carboxylic acids is 5. The molecule has 3 aliphatic rings. The fraction of sp³-hybridized carbons (Fsp3) is 0.441. The summed E-state index contributed by atoms with van der Waals surface area (Å²) < 4.78 is 11.7. The average molecular weight is 589 g/mol. The zero-order valence-corrected chi connectivity index (χ0v) is 24.6. The van der Waals surface area contributed by atoms with E-state index in [1.54, 1.807) is 57.2 Å². The molecule has 0 spiro atoms. The molecule has 0 amide bonds. The standard InChI is InChI=1S/C34H36O9/c1-6-32(4)18-21(35)25-33(5)22(17-23(36)34(25,41)30(32)40)31(2,3)26(42-28(38)19-13-9-7-10-14-19)24(37)27(33)43-29(39)20-15-11-8-12-16-20/h6-16,22-23,25-27,36,41H,1,17-18H2,2-5H3/t22-,23+,25+,26+,27-,32-,33-,34-/m0/s1. The SMILES string of the molecule is C=C[C@@]1(C)CC(=O)[C@H]2[C@](O)(C1=O)[C@H](O)C[C@H]1C(C)(C)[C@H](OC(=O)c3ccccc3)C(=O)[C@H](OC(=O)c3ccccc3)[C@@]12C. The highest BCUT2D eigenvalue weighted by atomic mass is 16.6. The summed E-state index contributed by atoms with van der Waals surface area (Å²) in [6.07, 6.45) is -4.13. The molecule has 3 fully saturated rings. The molecule has 0 heterocycles. The van der Waals surface area contributed by atoms with E-state index in [4.69, 9.17) is 9.47 Å². The molecule has 2 N–H and O–H groups in total. The maximum absolute atomic E-state index is 14.5. The van der Waals surface area contributed by atoms with Crippen molar-refractivity contribution in [1.29, 1.82) is 0 Å². The lowest BCUT2D eigenvalue weighted by Gasteiger charge is -2.65. The molecule has 0 radical (unpaired) electrons. The van der Waals surface area contributed by atoms with E-state index in [2.05, 4.69) is 6.58 Å². The van der Waals surface area contributed by atoms with E-state index in [0.717, 1.165) is 0 Å². The molecule has 2 aromatic rings. The number of rotatable bonds is 5. The molecule has 2 aromatic carbocycles. The van der Waals surface area contributed by atoms with Crippen molar-refractivity contribution in [2.45, 2.75) is 64.4 Å². The largest absolute Gasteiger partial charge is 0.450 e. The summed E-state index contributed by atoms with van der Waals surface area (Å²) >= 11 is 0. The van der Waals surface area contributed by atoms with E-state index in [-0.39, 0.29) is 24.0 Å². The van der Waals surface area contributed by atoms with Gasteiger partial charge in [0.05, 0.1) is 28.6 Å². The molecule has 5 rings (SSSR count). The van der Waals surface area contributed by atoms with E-state index < -0.39 is 81.3 Å². The van der Waals surface area contributed by atoms with Gasteiger partial charge in [-0.1, -0.05) is 63.2 Å². The molecule has 0 aliphatic heterocycles. The molecule has 0 unspecified atom stereocenters. The van der Waals surface area contributed by atoms with Gasteiger partial charge in [0.2, 0.25) is 5.78 Å². The van der Waals surface area contributed by atoms with Crippen LogP contribution in [0.3, 0.4) is 0 Å². The van der Waals surface area contributed by atoms with Crippen LogP contribution in [0.5, 0.6) is 0 Å². The maximum Gasteiger partial charge on any atom is 0.338 e. The van der Waals surface area contributed by atoms with Crippen LogP contribution >= 0.6 is 0 Å². The lowest BCUT2D eigenvalue weighted by atomic mass is 9.39. The number of ketones is 3. The molecular formula is C34H36O9. The van der Waals surface area contributed by atoms with Crippen LogP contribution in [0.25, 0.3) is 0 Å². The smallest absolute Gasteiger partial charge is 0.338 e. The lowest BCUT2D eigenvalue weighted by molar-refractivity contribution is -0.256. The Morgan fingerprint density at radius 2 is 1.35 bits per heavy atom. The van der Waals surface area contributed by atoms with Crippen LogP contribution in [0.1, 0.15) is 61.3 Å². The molecule has 3 saturated carbocycles. The minimum Gasteiger partial charge on any atom is -0.450 e. The summed E-state index contributed by atoms with van der Waals surface area (Å²) in [7, 11) is 0. The topological polar surface area (TPSA) is 144 Å². The quantitative estimate of drug-likeness (QED) is 0.396. The van der Waals surface area contributed by atoms with E-state index >= 15 is 0 Å². The molecule has 0 aromatic heterocycles. The van der Waals surface area contributed by atoms with E-state index in [0.29, 0.717) is 0 Å². The van der Waals surface area contributed by atoms with E-state index in [1.165, 1.54) is 37.3 Å². The highest BCUT2D eigenvalue weighted by Crippen LogP contribution is 2.65. The number of ether oxygens (including phenoxy) is 2. The second-order valence-electron chi connectivity index (χ2n) is 13.0. The first kappa shape index (κ1) is 30.5. The predicted molar refractivity (Wildman–Crippen MR) is 154 cm³/mol. The minimum absolute atomic E-state index is 0.134. The number of hydrogen-bond acceptors (Lipinski definition) is 9. The molecular weight excluding hydrogens is 552 g/mol. The first-order valence-electron chi connectivity index (χ1n) is 14.3. The van der Waals surface area contributed by atoms with Crippen LogP contribution < -0.4 is 0 Å². The number of aliphatic hydroxyl groups is 2. The normalized spacial score (nSPS) is 36.6. The Morgan fingerprint density at radius 3 is 1.84 bits per heavy atom. The maximum atomic E-state index is 14.5. The summed E-state index contributed by atoms with van der Waals surface area (Å²) in [5.41, 5.74) is -6.59. The van der Waals surface area contributed by atoms with Gasteiger partial charge in [-0.25, -0.2) is 9.59 Å². The number of hydrogen-bond donors (Lipinski definition) is 2. The van der Waals surface area contributed by atoms with Crippen molar-refractivity contribution >= 4 is 29.3 Å². The minimum atomic E-state index is -2.58. The molecule has 0 saturated heterocycles. The van der Waals surface area contributed by atoms with Gasteiger partial charge in [-0.15, -0.1) is 6.58 Å². The van der Waals surface area contributed by atoms with Gasteiger partial charge in [0.1, 0.15) is 5.78 Å². The molecule has 9 nitrogen and oxygen atoms in total. The number of benzene rings is 2. The highest BCUT2D eigenvalue weighted by Gasteiger charge is 2.77. The Hall–Kier alpha value is -3.95. The second-order valence-corrected chi connectivity index (χ2v) is 13.0. The molecule has 3 aliphatic carbocycles. The molecule has 8 atom stereocenters. The van der Waals surface area contributed by atoms with Gasteiger partial charge in [0.15, 0.2) is 23.6 Å². The summed E-state index contributed by atoms with van der Waals surface area (Å²) in [6.45, 7) is 10.0. The van der Waals surface area contributed by atoms with Gasteiger partial charge in [0, 0.05) is 17.3 Å². The zero-order valence-electron chi connectivity index (χ0n) is 24.6. The average Bonchev–Trinajstić information content (AvgIpc) is 2.98. The van der Waals surface area contributed by atoms with Crippen molar-refractivity contribution in [2.75, 3.05) is 0 Å². The Labute approximate surface area is 249 Å². The fourth-order valence-corrected chi connectivity index (χ4v) is 7.89. The van der Waals surface area contributed by atoms with E-state index in [9.17, 15) is 34.2 Å². The number of allylic oxidation sites excluding steroid dienone is 1. The van der Waals surface area contributed by atoms with Crippen LogP contribution in [0, 0.1) is 28.1 Å². The van der Waals surface area contributed by atoms with Crippen LogP contribution in [-0.4, -0.2) is 63.4 Å². The Balaban J connectivity index is 1.66. The monoisotopic (exact) mass is 588 g/mol. The van der Waals surface area contributed by atoms with Crippen molar-refractivity contribution in [3.63, 3.8) is 0 Å². The van der Waals surface area contributed by atoms with E-state index in [1.807, 2.05) is 0 Å². The summed E-state index contributed by atoms with van der Waals surface area (Å²) in [5.74, 6) is -6.22. The summed E-state index contributed by atoms with van der Waals surface area (Å²) in [6, 6.07) is 16.0. The molecule has 226 valence electrons. The van der Waals surface area contributed by atoms with Crippen molar-refractivity contribution in [3.05, 3.63) is 84.4 Å². The summed E-state index contributed by atoms with van der Waals surface area (Å²) in [4.78, 5) is 69.0. The number of fused-ring (bicyclic) bond motifs is 3. The van der Waals surface area contributed by atoms with Crippen molar-refractivity contribution in [2.24, 2.45) is 28.1 Å². The molecule has 0 bridgehead atoms. The van der Waals surface area contributed by atoms with Crippen molar-refractivity contribution in [3.8, 4) is 0 Å². The predicted octanol–water partition coefficient (Wildman–Crippen LogP) is 3.52. The number of carbonyl (C=O) groups is 5. The second kappa shape index (κ2) is 10.3. The number of Topliss-reactive ketones (excluding diaryl/α,β-unsaturated/α-hetero) is 3. The Kier molecular flexibility index (Phi) is 7.34. The molecule has 9 heteroatoms. The third kappa shape index (κ3) is 4.40. The van der Waals surface area contributed by atoms with Crippen LogP contribution in [0.4, 0.5) is 0 Å². The number of esters is 2. The third-order valence-corrected chi connectivity index (χ3v) is 10.1. The van der Waals surface area contributed by atoms with Crippen LogP contribution in [0.15, 0.2) is 73.3 Å². The van der Waals surface area contributed by atoms with Crippen molar-refractivity contribution < 1.29 is 43.7 Å². The van der Waals surface area contributed by atoms with Gasteiger partial charge in [-0.2, -0.15) is 0 Å². The fourth-order valence-electron chi connectivity index (χ4n) is 7.89. The van der Waals surface area contributed by atoms with Gasteiger partial charge in [-0.05, 0) is 43.5 Å². The van der Waals surface area contributed by atoms with Gasteiger partial charge in [-0.3, -0.25) is 14.4 Å². The highest BCUT2D eigenvalue weighted by molar-refractivity contribution is 6.07. The first-order valence-corrected chi connectivity index (χ1v) is 14.3. The number of aliphatic hydroxyl groups excluding tert-OH is 1. The van der Waals surface area contributed by atoms with Crippen molar-refractivity contribution in [1.82, 2.24) is 0 Å². The molecule has 43 heavy (non-hydrogen) atoms. The summed E-state index contributed by atoms with van der Waals surface area (Å²) in [5, 5.41) is 23.5. The third-order valence-electron chi connectivity index (χ3n) is 10.1. The van der Waals surface area contributed by atoms with Crippen LogP contribution in [0.2, 0.25) is 0 Å². The first-order chi connectivity index (χ1) is 20.1. The zero-order chi connectivity index (χ0) is 31.5. The Morgan fingerprint density at radius 1 is 0.860 bits per heavy atom. The van der Waals surface area contributed by atoms with Gasteiger partial charge < -0.3 is 19.7 Å².